The summed E-state index contributed by atoms with van der Waals surface area (Å²) in [6, 6.07) is 6.59. The second kappa shape index (κ2) is 9.62. The highest BCUT2D eigenvalue weighted by Gasteiger charge is 2.44. The van der Waals surface area contributed by atoms with E-state index in [0.717, 1.165) is 23.7 Å². The molecule has 0 saturated carbocycles. The van der Waals surface area contributed by atoms with Crippen LogP contribution in [0.4, 0.5) is 0 Å². The molecule has 0 fully saturated rings. The number of benzene rings is 1. The Morgan fingerprint density at radius 2 is 2.00 bits per heavy atom. The Labute approximate surface area is 187 Å². The average Bonchev–Trinajstić information content (AvgIpc) is 3.24. The third-order valence-electron chi connectivity index (χ3n) is 5.62. The van der Waals surface area contributed by atoms with E-state index in [1.54, 1.807) is 25.0 Å². The highest BCUT2D eigenvalue weighted by atomic mass is 32.1. The number of likely N-dealkylation sites (N-methyl/N-ethyl adjacent to an activating group) is 1. The van der Waals surface area contributed by atoms with Crippen molar-refractivity contribution in [2.45, 2.75) is 33.7 Å². The van der Waals surface area contributed by atoms with Crippen molar-refractivity contribution in [3.8, 4) is 5.75 Å². The Balaban J connectivity index is 2.06. The second-order valence-corrected chi connectivity index (χ2v) is 8.65. The Hall–Kier alpha value is -2.71. The van der Waals surface area contributed by atoms with Crippen LogP contribution in [0.5, 0.6) is 5.75 Å². The number of ether oxygens (including phenoxy) is 1. The number of hydrogen-bond acceptors (Lipinski definition) is 7. The lowest BCUT2D eigenvalue weighted by molar-refractivity contribution is -0.129. The number of methoxy groups -OCH3 is 1. The fourth-order valence-corrected chi connectivity index (χ4v) is 4.80. The predicted molar refractivity (Wildman–Crippen MR) is 121 cm³/mol. The second-order valence-electron chi connectivity index (χ2n) is 7.44. The van der Waals surface area contributed by atoms with E-state index in [9.17, 15) is 14.7 Å². The molecule has 0 saturated heterocycles. The minimum Gasteiger partial charge on any atom is -0.503 e. The molecule has 0 spiro atoms. The normalized spacial score (nSPS) is 16.5. The van der Waals surface area contributed by atoms with E-state index in [4.69, 9.17) is 4.74 Å². The Kier molecular flexibility index (Phi) is 7.12. The summed E-state index contributed by atoms with van der Waals surface area (Å²) >= 11 is 1.28. The van der Waals surface area contributed by atoms with Crippen molar-refractivity contribution >= 4 is 23.0 Å². The molecule has 1 aliphatic rings. The highest BCUT2D eigenvalue weighted by molar-refractivity contribution is 7.14. The number of aromatic nitrogens is 1. The Bertz CT molecular complexity index is 1010. The number of aliphatic hydroxyl groups is 1. The van der Waals surface area contributed by atoms with Crippen molar-refractivity contribution in [2.24, 2.45) is 0 Å². The summed E-state index contributed by atoms with van der Waals surface area (Å²) in [7, 11) is 1.57. The largest absolute Gasteiger partial charge is 0.503 e. The van der Waals surface area contributed by atoms with Crippen LogP contribution in [0.25, 0.3) is 0 Å². The van der Waals surface area contributed by atoms with Crippen molar-refractivity contribution in [1.29, 1.82) is 0 Å². The first kappa shape index (κ1) is 23.0. The van der Waals surface area contributed by atoms with Crippen molar-refractivity contribution in [3.05, 3.63) is 56.7 Å². The molecule has 1 aliphatic heterocycles. The minimum atomic E-state index is -0.688. The number of ketones is 1. The van der Waals surface area contributed by atoms with Crippen LogP contribution in [0, 0.1) is 13.8 Å². The molecular formula is C23H29N3O4S. The number of amides is 1. The van der Waals surface area contributed by atoms with Crippen LogP contribution in [0.15, 0.2) is 35.6 Å². The van der Waals surface area contributed by atoms with E-state index >= 15 is 0 Å². The molecule has 2 heterocycles. The molecule has 0 bridgehead atoms. The van der Waals surface area contributed by atoms with Crippen LogP contribution in [-0.2, 0) is 4.79 Å². The number of rotatable bonds is 9. The zero-order chi connectivity index (χ0) is 22.7. The van der Waals surface area contributed by atoms with Crippen LogP contribution >= 0.6 is 11.3 Å². The summed E-state index contributed by atoms with van der Waals surface area (Å²) in [4.78, 5) is 35.1. The standard InChI is InChI=1S/C23H29N3O4S/c1-6-25(7-2)11-12-26-19(16-9-8-10-17(13-16)30-5)18(21(28)23(26)29)20(27)22-14(3)24-15(4)31-22/h8-10,13,19,28H,6-7,11-12H2,1-5H3/t19-/m1/s1. The van der Waals surface area contributed by atoms with E-state index in [0.29, 0.717) is 29.4 Å². The zero-order valence-electron chi connectivity index (χ0n) is 18.6. The molecule has 3 rings (SSSR count). The van der Waals surface area contributed by atoms with Gasteiger partial charge in [-0.1, -0.05) is 26.0 Å². The first-order valence-corrected chi connectivity index (χ1v) is 11.2. The summed E-state index contributed by atoms with van der Waals surface area (Å²) in [5, 5.41) is 11.6. The molecule has 0 unspecified atom stereocenters. The molecule has 1 aromatic heterocycles. The Morgan fingerprint density at radius 1 is 1.29 bits per heavy atom. The van der Waals surface area contributed by atoms with Gasteiger partial charge in [0.15, 0.2) is 5.76 Å². The van der Waals surface area contributed by atoms with Gasteiger partial charge in [0.2, 0.25) is 5.78 Å². The third kappa shape index (κ3) is 4.50. The first-order chi connectivity index (χ1) is 14.8. The predicted octanol–water partition coefficient (Wildman–Crippen LogP) is 3.69. The average molecular weight is 444 g/mol. The third-order valence-corrected chi connectivity index (χ3v) is 6.69. The van der Waals surface area contributed by atoms with Gasteiger partial charge in [-0.3, -0.25) is 9.59 Å². The molecule has 7 nitrogen and oxygen atoms in total. The maximum absolute atomic E-state index is 13.5. The van der Waals surface area contributed by atoms with Crippen molar-refractivity contribution in [2.75, 3.05) is 33.3 Å². The molecule has 8 heteroatoms. The van der Waals surface area contributed by atoms with Gasteiger partial charge in [0.1, 0.15) is 5.75 Å². The maximum Gasteiger partial charge on any atom is 0.290 e. The monoisotopic (exact) mass is 443 g/mol. The number of aryl methyl sites for hydroxylation is 2. The molecule has 1 atom stereocenters. The zero-order valence-corrected chi connectivity index (χ0v) is 19.5. The summed E-state index contributed by atoms with van der Waals surface area (Å²) in [5.74, 6) is -0.742. The van der Waals surface area contributed by atoms with E-state index in [-0.39, 0.29) is 11.4 Å². The number of carbonyl (C=O) groups is 2. The van der Waals surface area contributed by atoms with Crippen LogP contribution < -0.4 is 4.74 Å². The van der Waals surface area contributed by atoms with Crippen LogP contribution in [0.3, 0.4) is 0 Å². The lowest BCUT2D eigenvalue weighted by Crippen LogP contribution is -2.38. The van der Waals surface area contributed by atoms with E-state index in [1.165, 1.54) is 11.3 Å². The van der Waals surface area contributed by atoms with Gasteiger partial charge < -0.3 is 19.6 Å². The molecule has 31 heavy (non-hydrogen) atoms. The summed E-state index contributed by atoms with van der Waals surface area (Å²) in [6.45, 7) is 10.5. The van der Waals surface area contributed by atoms with E-state index in [1.807, 2.05) is 25.1 Å². The number of aliphatic hydroxyl groups excluding tert-OH is 1. The molecule has 1 aromatic carbocycles. The molecule has 0 radical (unpaired) electrons. The van der Waals surface area contributed by atoms with Gasteiger partial charge in [-0.15, -0.1) is 11.3 Å². The smallest absolute Gasteiger partial charge is 0.290 e. The van der Waals surface area contributed by atoms with Gasteiger partial charge in [0, 0.05) is 13.1 Å². The molecule has 2 aromatic rings. The number of carbonyl (C=O) groups excluding carboxylic acids is 2. The number of Topliss-reactive ketones (excluding diaryl/α,β-unsaturated/α-hetero) is 1. The fourth-order valence-electron chi connectivity index (χ4n) is 3.93. The minimum absolute atomic E-state index is 0.101. The lowest BCUT2D eigenvalue weighted by Gasteiger charge is -2.29. The maximum atomic E-state index is 13.5. The van der Waals surface area contributed by atoms with Gasteiger partial charge in [-0.05, 0) is 44.6 Å². The van der Waals surface area contributed by atoms with Crippen molar-refractivity contribution in [1.82, 2.24) is 14.8 Å². The van der Waals surface area contributed by atoms with Gasteiger partial charge in [0.25, 0.3) is 5.91 Å². The molecule has 1 N–H and O–H groups in total. The summed E-state index contributed by atoms with van der Waals surface area (Å²) in [5.41, 5.74) is 1.43. The van der Waals surface area contributed by atoms with Gasteiger partial charge in [-0.25, -0.2) is 4.98 Å². The first-order valence-electron chi connectivity index (χ1n) is 10.4. The fraction of sp³-hybridized carbons (Fsp3) is 0.435. The van der Waals surface area contributed by atoms with Gasteiger partial charge in [0.05, 0.1) is 34.3 Å². The molecular weight excluding hydrogens is 414 g/mol. The lowest BCUT2D eigenvalue weighted by atomic mass is 9.95. The topological polar surface area (TPSA) is 83.0 Å². The molecule has 1 amide bonds. The van der Waals surface area contributed by atoms with Crippen molar-refractivity contribution < 1.29 is 19.4 Å². The number of thiazole rings is 1. The van der Waals surface area contributed by atoms with Crippen molar-refractivity contribution in [3.63, 3.8) is 0 Å². The van der Waals surface area contributed by atoms with Gasteiger partial charge in [-0.2, -0.15) is 0 Å². The van der Waals surface area contributed by atoms with E-state index in [2.05, 4.69) is 23.7 Å². The number of nitrogens with zero attached hydrogens (tertiary/aromatic N) is 3. The summed E-state index contributed by atoms with van der Waals surface area (Å²) in [6.07, 6.45) is 0. The van der Waals surface area contributed by atoms with Gasteiger partial charge >= 0.3 is 0 Å². The highest BCUT2D eigenvalue weighted by Crippen LogP contribution is 2.40. The summed E-state index contributed by atoms with van der Waals surface area (Å²) < 4.78 is 5.36. The van der Waals surface area contributed by atoms with E-state index < -0.39 is 17.7 Å². The van der Waals surface area contributed by atoms with Crippen LogP contribution in [0.2, 0.25) is 0 Å². The molecule has 0 aliphatic carbocycles. The number of hydrogen-bond donors (Lipinski definition) is 1. The quantitative estimate of drug-likeness (QED) is 0.595. The SMILES string of the molecule is CCN(CC)CCN1C(=O)C(O)=C(C(=O)c2sc(C)nc2C)[C@H]1c1cccc(OC)c1. The Morgan fingerprint density at radius 3 is 2.58 bits per heavy atom. The van der Waals surface area contributed by atoms with Crippen LogP contribution in [0.1, 0.15) is 45.8 Å². The van der Waals surface area contributed by atoms with Crippen LogP contribution in [-0.4, -0.2) is 64.9 Å². The molecule has 166 valence electrons.